The minimum atomic E-state index is -0.0476. The highest BCUT2D eigenvalue weighted by atomic mass is 32.1. The molecule has 8 heteroatoms. The summed E-state index contributed by atoms with van der Waals surface area (Å²) in [4.78, 5) is 18.7. The van der Waals surface area contributed by atoms with Crippen molar-refractivity contribution in [3.05, 3.63) is 23.7 Å². The van der Waals surface area contributed by atoms with Gasteiger partial charge in [0, 0.05) is 30.9 Å². The molecule has 1 N–H and O–H groups in total. The molecule has 1 unspecified atom stereocenters. The Morgan fingerprint density at radius 1 is 1.40 bits per heavy atom. The van der Waals surface area contributed by atoms with E-state index in [9.17, 15) is 4.79 Å². The van der Waals surface area contributed by atoms with E-state index in [2.05, 4.69) is 50.7 Å². The highest BCUT2D eigenvalue weighted by Crippen LogP contribution is 2.27. The molecule has 1 fully saturated rings. The van der Waals surface area contributed by atoms with Crippen molar-refractivity contribution in [3.8, 4) is 0 Å². The molecule has 0 aliphatic carbocycles. The first-order valence-electron chi connectivity index (χ1n) is 8.72. The Morgan fingerprint density at radius 3 is 2.92 bits per heavy atom. The lowest BCUT2D eigenvalue weighted by Gasteiger charge is -2.32. The molecule has 25 heavy (non-hydrogen) atoms. The fraction of sp³-hybridized carbons (Fsp3) is 0.647. The second-order valence-electron chi connectivity index (χ2n) is 7.71. The second kappa shape index (κ2) is 7.61. The summed E-state index contributed by atoms with van der Waals surface area (Å²) >= 11 is 1.45. The number of likely N-dealkylation sites (tertiary alicyclic amines) is 1. The number of amides is 1. The number of aromatic nitrogens is 4. The van der Waals surface area contributed by atoms with Gasteiger partial charge in [0.05, 0.1) is 12.9 Å². The van der Waals surface area contributed by atoms with Crippen LogP contribution in [0.15, 0.2) is 18.7 Å². The van der Waals surface area contributed by atoms with Crippen LogP contribution in [0.1, 0.15) is 38.6 Å². The SMILES string of the molecule is CC(C)(C)c1nnc(NC(=O)CN2CCCC(Cn3ccnc3)C2)s1. The Labute approximate surface area is 152 Å². The van der Waals surface area contributed by atoms with Crippen molar-refractivity contribution >= 4 is 22.4 Å². The maximum atomic E-state index is 12.3. The van der Waals surface area contributed by atoms with Gasteiger partial charge in [-0.3, -0.25) is 15.0 Å². The van der Waals surface area contributed by atoms with E-state index in [4.69, 9.17) is 0 Å². The lowest BCUT2D eigenvalue weighted by Crippen LogP contribution is -2.41. The number of hydrogen-bond donors (Lipinski definition) is 1. The van der Waals surface area contributed by atoms with Gasteiger partial charge in [0.15, 0.2) is 0 Å². The molecule has 0 spiro atoms. The van der Waals surface area contributed by atoms with Crippen LogP contribution in [0.25, 0.3) is 0 Å². The van der Waals surface area contributed by atoms with Gasteiger partial charge in [-0.15, -0.1) is 10.2 Å². The van der Waals surface area contributed by atoms with Crippen molar-refractivity contribution < 1.29 is 4.79 Å². The van der Waals surface area contributed by atoms with Crippen LogP contribution < -0.4 is 5.32 Å². The van der Waals surface area contributed by atoms with Crippen LogP contribution in [0.2, 0.25) is 0 Å². The Hall–Kier alpha value is -1.80. The summed E-state index contributed by atoms with van der Waals surface area (Å²) in [5, 5.41) is 12.7. The number of piperidine rings is 1. The molecule has 3 heterocycles. The second-order valence-corrected chi connectivity index (χ2v) is 8.69. The van der Waals surface area contributed by atoms with Crippen molar-refractivity contribution in [2.75, 3.05) is 25.0 Å². The molecule has 0 saturated carbocycles. The minimum absolute atomic E-state index is 0.0140. The molecule has 1 aliphatic heterocycles. The lowest BCUT2D eigenvalue weighted by atomic mass is 9.98. The molecule has 2 aromatic rings. The quantitative estimate of drug-likeness (QED) is 0.884. The van der Waals surface area contributed by atoms with Crippen molar-refractivity contribution in [3.63, 3.8) is 0 Å². The number of hydrogen-bond acceptors (Lipinski definition) is 6. The smallest absolute Gasteiger partial charge is 0.240 e. The summed E-state index contributed by atoms with van der Waals surface area (Å²) in [5.41, 5.74) is -0.0476. The Kier molecular flexibility index (Phi) is 5.48. The third kappa shape index (κ3) is 5.09. The summed E-state index contributed by atoms with van der Waals surface area (Å²) < 4.78 is 2.11. The van der Waals surface area contributed by atoms with Gasteiger partial charge in [0.25, 0.3) is 0 Å². The zero-order chi connectivity index (χ0) is 17.9. The number of carbonyl (C=O) groups excluding carboxylic acids is 1. The number of nitrogens with zero attached hydrogens (tertiary/aromatic N) is 5. The fourth-order valence-corrected chi connectivity index (χ4v) is 3.89. The number of imidazole rings is 1. The molecular formula is C17H26N6OS. The van der Waals surface area contributed by atoms with Gasteiger partial charge in [-0.25, -0.2) is 4.98 Å². The van der Waals surface area contributed by atoms with Crippen LogP contribution in [0, 0.1) is 5.92 Å². The number of carbonyl (C=O) groups is 1. The summed E-state index contributed by atoms with van der Waals surface area (Å²) in [5.74, 6) is 0.546. The van der Waals surface area contributed by atoms with Gasteiger partial charge in [-0.1, -0.05) is 32.1 Å². The summed E-state index contributed by atoms with van der Waals surface area (Å²) in [6.45, 7) is 9.55. The van der Waals surface area contributed by atoms with Crippen LogP contribution >= 0.6 is 11.3 Å². The molecule has 136 valence electrons. The molecule has 2 aromatic heterocycles. The molecule has 3 rings (SSSR count). The zero-order valence-corrected chi connectivity index (χ0v) is 15.9. The van der Waals surface area contributed by atoms with Gasteiger partial charge < -0.3 is 4.57 Å². The van der Waals surface area contributed by atoms with E-state index in [1.54, 1.807) is 0 Å². The van der Waals surface area contributed by atoms with Crippen LogP contribution in [-0.4, -0.2) is 50.2 Å². The third-order valence-electron chi connectivity index (χ3n) is 4.31. The summed E-state index contributed by atoms with van der Waals surface area (Å²) in [6.07, 6.45) is 7.98. The molecule has 1 saturated heterocycles. The largest absolute Gasteiger partial charge is 0.337 e. The molecule has 1 amide bonds. The molecule has 7 nitrogen and oxygen atoms in total. The Morgan fingerprint density at radius 2 is 2.24 bits per heavy atom. The maximum absolute atomic E-state index is 12.3. The normalized spacial score (nSPS) is 19.1. The average Bonchev–Trinajstić information content (AvgIpc) is 3.18. The highest BCUT2D eigenvalue weighted by Gasteiger charge is 2.23. The van der Waals surface area contributed by atoms with Crippen LogP contribution in [-0.2, 0) is 16.8 Å². The topological polar surface area (TPSA) is 75.9 Å². The highest BCUT2D eigenvalue weighted by molar-refractivity contribution is 7.15. The zero-order valence-electron chi connectivity index (χ0n) is 15.1. The standard InChI is InChI=1S/C17H26N6OS/c1-17(2,3)15-20-21-16(25-15)19-14(24)11-22-7-4-5-13(9-22)10-23-8-6-18-12-23/h6,8,12-13H,4-5,7,9-11H2,1-3H3,(H,19,21,24). The third-order valence-corrected chi connectivity index (χ3v) is 5.58. The minimum Gasteiger partial charge on any atom is -0.337 e. The predicted octanol–water partition coefficient (Wildman–Crippen LogP) is 2.38. The van der Waals surface area contributed by atoms with Gasteiger partial charge in [0.1, 0.15) is 5.01 Å². The van der Waals surface area contributed by atoms with E-state index in [-0.39, 0.29) is 11.3 Å². The van der Waals surface area contributed by atoms with Crippen LogP contribution in [0.4, 0.5) is 5.13 Å². The molecule has 0 aromatic carbocycles. The van der Waals surface area contributed by atoms with Crippen molar-refractivity contribution in [2.24, 2.45) is 5.92 Å². The predicted molar refractivity (Wildman–Crippen MR) is 98.6 cm³/mol. The molecule has 1 atom stereocenters. The van der Waals surface area contributed by atoms with E-state index in [1.807, 2.05) is 18.7 Å². The van der Waals surface area contributed by atoms with Gasteiger partial charge in [-0.05, 0) is 25.3 Å². The van der Waals surface area contributed by atoms with Crippen LogP contribution in [0.3, 0.4) is 0 Å². The van der Waals surface area contributed by atoms with E-state index < -0.39 is 0 Å². The Balaban J connectivity index is 1.49. The number of rotatable bonds is 5. The Bertz CT molecular complexity index is 690. The van der Waals surface area contributed by atoms with E-state index >= 15 is 0 Å². The summed E-state index contributed by atoms with van der Waals surface area (Å²) in [6, 6.07) is 0. The molecule has 1 aliphatic rings. The van der Waals surface area contributed by atoms with Gasteiger partial charge in [-0.2, -0.15) is 0 Å². The molecule has 0 radical (unpaired) electrons. The van der Waals surface area contributed by atoms with Gasteiger partial charge >= 0.3 is 0 Å². The van der Waals surface area contributed by atoms with Crippen molar-refractivity contribution in [1.82, 2.24) is 24.6 Å². The van der Waals surface area contributed by atoms with E-state index in [0.717, 1.165) is 31.1 Å². The van der Waals surface area contributed by atoms with E-state index in [1.165, 1.54) is 17.8 Å². The van der Waals surface area contributed by atoms with Crippen molar-refractivity contribution in [1.29, 1.82) is 0 Å². The van der Waals surface area contributed by atoms with Gasteiger partial charge in [0.2, 0.25) is 11.0 Å². The maximum Gasteiger partial charge on any atom is 0.240 e. The van der Waals surface area contributed by atoms with E-state index in [0.29, 0.717) is 17.6 Å². The number of anilines is 1. The first-order valence-corrected chi connectivity index (χ1v) is 9.54. The molecule has 0 bridgehead atoms. The van der Waals surface area contributed by atoms with Crippen LogP contribution in [0.5, 0.6) is 0 Å². The summed E-state index contributed by atoms with van der Waals surface area (Å²) in [7, 11) is 0. The van der Waals surface area contributed by atoms with Crippen molar-refractivity contribution in [2.45, 2.75) is 45.6 Å². The average molecular weight is 363 g/mol. The first-order chi connectivity index (χ1) is 11.9. The fourth-order valence-electron chi connectivity index (χ4n) is 3.08. The monoisotopic (exact) mass is 362 g/mol. The molecular weight excluding hydrogens is 336 g/mol. The lowest BCUT2D eigenvalue weighted by molar-refractivity contribution is -0.117. The first kappa shape index (κ1) is 18.0. The number of nitrogens with one attached hydrogen (secondary N) is 1.